The summed E-state index contributed by atoms with van der Waals surface area (Å²) < 4.78 is 52.5. The van der Waals surface area contributed by atoms with Crippen molar-refractivity contribution in [2.75, 3.05) is 0 Å². The summed E-state index contributed by atoms with van der Waals surface area (Å²) in [5.74, 6) is -0.848. The third-order valence-electron chi connectivity index (χ3n) is 3.42. The van der Waals surface area contributed by atoms with Crippen molar-refractivity contribution in [3.8, 4) is 11.4 Å². The molecular weight excluding hydrogens is 286 g/mol. The molecule has 0 saturated carbocycles. The SMILES string of the molecule is Cc1nc(-c2cc(F)ccc2C(F)(F)F)nc2c1CNC2. The quantitative estimate of drug-likeness (QED) is 0.821. The van der Waals surface area contributed by atoms with Crippen molar-refractivity contribution in [3.05, 3.63) is 46.5 Å². The van der Waals surface area contributed by atoms with E-state index < -0.39 is 17.6 Å². The van der Waals surface area contributed by atoms with Crippen LogP contribution in [-0.4, -0.2) is 9.97 Å². The normalized spacial score (nSPS) is 14.3. The highest BCUT2D eigenvalue weighted by molar-refractivity contribution is 5.62. The van der Waals surface area contributed by atoms with Gasteiger partial charge in [-0.2, -0.15) is 13.2 Å². The number of nitrogens with one attached hydrogen (secondary N) is 1. The number of rotatable bonds is 1. The smallest absolute Gasteiger partial charge is 0.307 e. The first-order valence-electron chi connectivity index (χ1n) is 6.30. The van der Waals surface area contributed by atoms with Gasteiger partial charge in [-0.15, -0.1) is 0 Å². The van der Waals surface area contributed by atoms with Gasteiger partial charge in [-0.3, -0.25) is 0 Å². The minimum atomic E-state index is -4.59. The molecule has 1 aliphatic rings. The van der Waals surface area contributed by atoms with E-state index in [4.69, 9.17) is 0 Å². The van der Waals surface area contributed by atoms with Crippen molar-refractivity contribution in [1.29, 1.82) is 0 Å². The molecule has 0 spiro atoms. The lowest BCUT2D eigenvalue weighted by molar-refractivity contribution is -0.137. The molecule has 0 amide bonds. The second-order valence-corrected chi connectivity index (χ2v) is 4.85. The Morgan fingerprint density at radius 1 is 1.14 bits per heavy atom. The van der Waals surface area contributed by atoms with Crippen LogP contribution in [0.25, 0.3) is 11.4 Å². The van der Waals surface area contributed by atoms with Crippen LogP contribution >= 0.6 is 0 Å². The van der Waals surface area contributed by atoms with Crippen LogP contribution in [-0.2, 0) is 19.3 Å². The molecule has 2 heterocycles. The fourth-order valence-electron chi connectivity index (χ4n) is 2.41. The van der Waals surface area contributed by atoms with Gasteiger partial charge >= 0.3 is 6.18 Å². The minimum Gasteiger partial charge on any atom is -0.307 e. The van der Waals surface area contributed by atoms with E-state index in [1.54, 1.807) is 6.92 Å². The molecule has 0 bridgehead atoms. The Morgan fingerprint density at radius 3 is 2.62 bits per heavy atom. The molecule has 2 aromatic rings. The van der Waals surface area contributed by atoms with E-state index >= 15 is 0 Å². The van der Waals surface area contributed by atoms with E-state index in [2.05, 4.69) is 15.3 Å². The van der Waals surface area contributed by atoms with Gasteiger partial charge in [-0.1, -0.05) is 0 Å². The largest absolute Gasteiger partial charge is 0.417 e. The number of nitrogens with zero attached hydrogens (tertiary/aromatic N) is 2. The van der Waals surface area contributed by atoms with Crippen LogP contribution in [0.15, 0.2) is 18.2 Å². The summed E-state index contributed by atoms with van der Waals surface area (Å²) in [5.41, 5.74) is 0.894. The Hall–Kier alpha value is -2.02. The van der Waals surface area contributed by atoms with Crippen LogP contribution in [0, 0.1) is 12.7 Å². The summed E-state index contributed by atoms with van der Waals surface area (Å²) in [4.78, 5) is 8.27. The zero-order valence-electron chi connectivity index (χ0n) is 11.1. The van der Waals surface area contributed by atoms with Crippen molar-refractivity contribution in [2.45, 2.75) is 26.2 Å². The molecule has 0 unspecified atom stereocenters. The summed E-state index contributed by atoms with van der Waals surface area (Å²) in [7, 11) is 0. The zero-order chi connectivity index (χ0) is 15.2. The van der Waals surface area contributed by atoms with Crippen molar-refractivity contribution in [3.63, 3.8) is 0 Å². The van der Waals surface area contributed by atoms with Crippen molar-refractivity contribution in [1.82, 2.24) is 15.3 Å². The lowest BCUT2D eigenvalue weighted by atomic mass is 10.1. The first kappa shape index (κ1) is 13.9. The summed E-state index contributed by atoms with van der Waals surface area (Å²) in [6, 6.07) is 2.33. The number of hydrogen-bond donors (Lipinski definition) is 1. The van der Waals surface area contributed by atoms with Gasteiger partial charge in [0.05, 0.1) is 11.3 Å². The Kier molecular flexibility index (Phi) is 3.16. The van der Waals surface area contributed by atoms with Gasteiger partial charge in [-0.25, -0.2) is 14.4 Å². The summed E-state index contributed by atoms with van der Waals surface area (Å²) in [6.45, 7) is 2.78. The van der Waals surface area contributed by atoms with Gasteiger partial charge in [0.1, 0.15) is 5.82 Å². The first-order chi connectivity index (χ1) is 9.86. The van der Waals surface area contributed by atoms with Gasteiger partial charge in [-0.05, 0) is 25.1 Å². The van der Waals surface area contributed by atoms with Crippen LogP contribution < -0.4 is 5.32 Å². The van der Waals surface area contributed by atoms with Crippen LogP contribution in [0.5, 0.6) is 0 Å². The monoisotopic (exact) mass is 297 g/mol. The van der Waals surface area contributed by atoms with Gasteiger partial charge in [0, 0.05) is 29.9 Å². The number of aromatic nitrogens is 2. The number of fused-ring (bicyclic) bond motifs is 1. The van der Waals surface area contributed by atoms with Crippen LogP contribution in [0.1, 0.15) is 22.5 Å². The number of halogens is 4. The molecule has 3 nitrogen and oxygen atoms in total. The second-order valence-electron chi connectivity index (χ2n) is 4.85. The predicted octanol–water partition coefficient (Wildman–Crippen LogP) is 3.21. The Balaban J connectivity index is 2.21. The lowest BCUT2D eigenvalue weighted by Crippen LogP contribution is -2.10. The fourth-order valence-corrected chi connectivity index (χ4v) is 2.41. The second kappa shape index (κ2) is 4.77. The molecule has 1 aromatic heterocycles. The minimum absolute atomic E-state index is 0.0956. The average molecular weight is 297 g/mol. The maximum atomic E-state index is 13.4. The summed E-state index contributed by atoms with van der Waals surface area (Å²) >= 11 is 0. The van der Waals surface area contributed by atoms with Gasteiger partial charge < -0.3 is 5.32 Å². The molecule has 0 atom stereocenters. The van der Waals surface area contributed by atoms with Crippen molar-refractivity contribution < 1.29 is 17.6 Å². The van der Waals surface area contributed by atoms with Gasteiger partial charge in [0.15, 0.2) is 5.82 Å². The zero-order valence-corrected chi connectivity index (χ0v) is 11.1. The molecule has 1 aromatic carbocycles. The average Bonchev–Trinajstić information content (AvgIpc) is 2.86. The Morgan fingerprint density at radius 2 is 1.90 bits per heavy atom. The molecule has 0 saturated heterocycles. The Labute approximate surface area is 118 Å². The van der Waals surface area contributed by atoms with E-state index in [1.807, 2.05) is 0 Å². The standard InChI is InChI=1S/C14H11F4N3/c1-7-10-5-19-6-12(10)21-13(20-7)9-4-8(15)2-3-11(9)14(16,17)18/h2-4,19H,5-6H2,1H3. The number of hydrogen-bond acceptors (Lipinski definition) is 3. The molecule has 7 heteroatoms. The fraction of sp³-hybridized carbons (Fsp3) is 0.286. The van der Waals surface area contributed by atoms with Crippen molar-refractivity contribution >= 4 is 0 Å². The highest BCUT2D eigenvalue weighted by Crippen LogP contribution is 2.36. The molecule has 1 N–H and O–H groups in total. The number of benzene rings is 1. The highest BCUT2D eigenvalue weighted by Gasteiger charge is 2.35. The molecule has 0 fully saturated rings. The molecule has 110 valence electrons. The molecular formula is C14H11F4N3. The maximum Gasteiger partial charge on any atom is 0.417 e. The molecule has 1 aliphatic heterocycles. The van der Waals surface area contributed by atoms with Crippen molar-refractivity contribution in [2.24, 2.45) is 0 Å². The third kappa shape index (κ3) is 2.49. The molecule has 0 radical (unpaired) electrons. The van der Waals surface area contributed by atoms with Crippen LogP contribution in [0.3, 0.4) is 0 Å². The highest BCUT2D eigenvalue weighted by atomic mass is 19.4. The van der Waals surface area contributed by atoms with E-state index in [9.17, 15) is 17.6 Å². The van der Waals surface area contributed by atoms with E-state index in [0.29, 0.717) is 24.5 Å². The third-order valence-corrected chi connectivity index (χ3v) is 3.42. The van der Waals surface area contributed by atoms with E-state index in [0.717, 1.165) is 23.8 Å². The van der Waals surface area contributed by atoms with Crippen LogP contribution in [0.4, 0.5) is 17.6 Å². The Bertz CT molecular complexity index is 710. The first-order valence-corrected chi connectivity index (χ1v) is 6.30. The molecule has 0 aliphatic carbocycles. The van der Waals surface area contributed by atoms with Gasteiger partial charge in [0.2, 0.25) is 0 Å². The van der Waals surface area contributed by atoms with Gasteiger partial charge in [0.25, 0.3) is 0 Å². The van der Waals surface area contributed by atoms with E-state index in [-0.39, 0.29) is 11.4 Å². The lowest BCUT2D eigenvalue weighted by Gasteiger charge is -2.13. The maximum absolute atomic E-state index is 13.4. The molecule has 3 rings (SSSR count). The number of aryl methyl sites for hydroxylation is 1. The topological polar surface area (TPSA) is 37.8 Å². The predicted molar refractivity (Wildman–Crippen MR) is 67.7 cm³/mol. The summed E-state index contributed by atoms with van der Waals surface area (Å²) in [6.07, 6.45) is -4.59. The summed E-state index contributed by atoms with van der Waals surface area (Å²) in [5, 5.41) is 3.06. The number of alkyl halides is 3. The van der Waals surface area contributed by atoms with Crippen LogP contribution in [0.2, 0.25) is 0 Å². The van der Waals surface area contributed by atoms with E-state index in [1.165, 1.54) is 0 Å². The molecule has 21 heavy (non-hydrogen) atoms.